The second kappa shape index (κ2) is 4.63. The number of hydrogen-bond donors (Lipinski definition) is 0. The van der Waals surface area contributed by atoms with Crippen LogP contribution in [0.15, 0.2) is 36.4 Å². The number of fused-ring (bicyclic) bond motifs is 2. The number of anilines is 2. The molecule has 0 saturated carbocycles. The summed E-state index contributed by atoms with van der Waals surface area (Å²) in [5, 5.41) is 0. The van der Waals surface area contributed by atoms with E-state index in [1.165, 1.54) is 0 Å². The zero-order valence-corrected chi connectivity index (χ0v) is 12.3. The van der Waals surface area contributed by atoms with Crippen molar-refractivity contribution in [2.24, 2.45) is 0 Å². The maximum absolute atomic E-state index is 4.71. The first-order chi connectivity index (χ1) is 9.54. The number of rotatable bonds is 2. The van der Waals surface area contributed by atoms with E-state index in [0.29, 0.717) is 0 Å². The van der Waals surface area contributed by atoms with Crippen LogP contribution in [-0.2, 0) is 0 Å². The van der Waals surface area contributed by atoms with Crippen molar-refractivity contribution in [3.63, 3.8) is 0 Å². The summed E-state index contributed by atoms with van der Waals surface area (Å²) in [6.07, 6.45) is 0. The number of nitrogens with zero attached hydrogens (tertiary/aromatic N) is 4. The van der Waals surface area contributed by atoms with Crippen LogP contribution < -0.4 is 9.80 Å². The molecule has 3 rings (SSSR count). The van der Waals surface area contributed by atoms with Gasteiger partial charge in [0, 0.05) is 39.6 Å². The molecule has 0 saturated heterocycles. The zero-order valence-electron chi connectivity index (χ0n) is 12.3. The topological polar surface area (TPSA) is 32.3 Å². The molecular weight excluding hydrogens is 248 g/mol. The Hall–Kier alpha value is -2.36. The molecule has 0 bridgehead atoms. The first-order valence-corrected chi connectivity index (χ1v) is 6.61. The molecule has 1 aromatic heterocycles. The average Bonchev–Trinajstić information content (AvgIpc) is 2.43. The normalized spacial score (nSPS) is 11.0. The molecule has 0 spiro atoms. The quantitative estimate of drug-likeness (QED) is 0.668. The highest BCUT2D eigenvalue weighted by atomic mass is 15.1. The van der Waals surface area contributed by atoms with Crippen LogP contribution in [0.25, 0.3) is 22.1 Å². The fourth-order valence-electron chi connectivity index (χ4n) is 2.21. The van der Waals surface area contributed by atoms with Crippen molar-refractivity contribution in [2.75, 3.05) is 38.0 Å². The molecule has 0 aliphatic rings. The third kappa shape index (κ3) is 2.13. The maximum Gasteiger partial charge on any atom is 0.0915 e. The summed E-state index contributed by atoms with van der Waals surface area (Å²) in [4.78, 5) is 13.6. The molecule has 4 heteroatoms. The lowest BCUT2D eigenvalue weighted by Crippen LogP contribution is -2.09. The third-order valence-electron chi connectivity index (χ3n) is 3.43. The Morgan fingerprint density at radius 2 is 1.00 bits per heavy atom. The van der Waals surface area contributed by atoms with Gasteiger partial charge in [0.05, 0.1) is 22.1 Å². The minimum Gasteiger partial charge on any atom is -0.378 e. The number of aromatic nitrogens is 2. The molecule has 0 aliphatic heterocycles. The fraction of sp³-hybridized carbons (Fsp3) is 0.250. The Morgan fingerprint density at radius 3 is 1.35 bits per heavy atom. The van der Waals surface area contributed by atoms with Crippen LogP contribution in [0.5, 0.6) is 0 Å². The molecular formula is C16H18N4. The minimum absolute atomic E-state index is 0.930. The lowest BCUT2D eigenvalue weighted by Gasteiger charge is -2.14. The van der Waals surface area contributed by atoms with Crippen molar-refractivity contribution in [2.45, 2.75) is 0 Å². The van der Waals surface area contributed by atoms with Crippen molar-refractivity contribution in [3.8, 4) is 0 Å². The van der Waals surface area contributed by atoms with Crippen LogP contribution in [0, 0.1) is 0 Å². The first kappa shape index (κ1) is 12.7. The highest BCUT2D eigenvalue weighted by Gasteiger charge is 2.05. The molecule has 4 nitrogen and oxygen atoms in total. The molecule has 0 aliphatic carbocycles. The van der Waals surface area contributed by atoms with Crippen LogP contribution in [0.4, 0.5) is 11.4 Å². The Morgan fingerprint density at radius 1 is 0.600 bits per heavy atom. The Labute approximate surface area is 118 Å². The highest BCUT2D eigenvalue weighted by Crippen LogP contribution is 2.23. The molecule has 2 aromatic carbocycles. The molecule has 3 aromatic rings. The summed E-state index contributed by atoms with van der Waals surface area (Å²) in [6.45, 7) is 0. The summed E-state index contributed by atoms with van der Waals surface area (Å²) in [5.74, 6) is 0. The molecule has 0 atom stereocenters. The molecule has 0 amide bonds. The van der Waals surface area contributed by atoms with Gasteiger partial charge < -0.3 is 9.80 Å². The van der Waals surface area contributed by atoms with Gasteiger partial charge in [0.15, 0.2) is 0 Å². The van der Waals surface area contributed by atoms with Gasteiger partial charge in [0.1, 0.15) is 0 Å². The Balaban J connectivity index is 2.22. The van der Waals surface area contributed by atoms with E-state index in [4.69, 9.17) is 9.97 Å². The molecule has 0 fully saturated rings. The van der Waals surface area contributed by atoms with E-state index < -0.39 is 0 Å². The first-order valence-electron chi connectivity index (χ1n) is 6.61. The van der Waals surface area contributed by atoms with E-state index in [1.807, 2.05) is 40.3 Å². The molecule has 20 heavy (non-hydrogen) atoms. The van der Waals surface area contributed by atoms with E-state index in [-0.39, 0.29) is 0 Å². The number of hydrogen-bond acceptors (Lipinski definition) is 4. The Bertz CT molecular complexity index is 710. The third-order valence-corrected chi connectivity index (χ3v) is 3.43. The van der Waals surface area contributed by atoms with Crippen LogP contribution >= 0.6 is 0 Å². The van der Waals surface area contributed by atoms with E-state index in [9.17, 15) is 0 Å². The monoisotopic (exact) mass is 266 g/mol. The van der Waals surface area contributed by atoms with Gasteiger partial charge in [-0.05, 0) is 36.4 Å². The lowest BCUT2D eigenvalue weighted by atomic mass is 10.2. The smallest absolute Gasteiger partial charge is 0.0915 e. The van der Waals surface area contributed by atoms with Crippen LogP contribution in [0.2, 0.25) is 0 Å². The second-order valence-corrected chi connectivity index (χ2v) is 5.36. The summed E-state index contributed by atoms with van der Waals surface area (Å²) in [7, 11) is 8.11. The van der Waals surface area contributed by atoms with Gasteiger partial charge >= 0.3 is 0 Å². The average molecular weight is 266 g/mol. The van der Waals surface area contributed by atoms with Crippen LogP contribution in [0.1, 0.15) is 0 Å². The van der Waals surface area contributed by atoms with E-state index in [0.717, 1.165) is 33.4 Å². The molecule has 0 N–H and O–H groups in total. The van der Waals surface area contributed by atoms with Gasteiger partial charge in [-0.15, -0.1) is 0 Å². The van der Waals surface area contributed by atoms with E-state index >= 15 is 0 Å². The second-order valence-electron chi connectivity index (χ2n) is 5.36. The molecule has 1 heterocycles. The van der Waals surface area contributed by atoms with Gasteiger partial charge in [-0.25, -0.2) is 9.97 Å². The van der Waals surface area contributed by atoms with E-state index in [1.54, 1.807) is 0 Å². The molecule has 102 valence electrons. The predicted octanol–water partition coefficient (Wildman–Crippen LogP) is 2.92. The standard InChI is InChI=1S/C16H18N4/c1-19(2)11-5-7-13-15(9-11)17-14-8-6-12(20(3)4)10-16(14)18-13/h5-10H,1-4H3. The maximum atomic E-state index is 4.71. The molecule has 0 unspecified atom stereocenters. The predicted molar refractivity (Wildman–Crippen MR) is 85.7 cm³/mol. The molecule has 0 radical (unpaired) electrons. The summed E-state index contributed by atoms with van der Waals surface area (Å²) in [6, 6.07) is 12.3. The van der Waals surface area contributed by atoms with Crippen LogP contribution in [-0.4, -0.2) is 38.2 Å². The van der Waals surface area contributed by atoms with Crippen molar-refractivity contribution in [3.05, 3.63) is 36.4 Å². The van der Waals surface area contributed by atoms with Gasteiger partial charge in [-0.2, -0.15) is 0 Å². The highest BCUT2D eigenvalue weighted by molar-refractivity contribution is 5.89. The summed E-state index contributed by atoms with van der Waals surface area (Å²) >= 11 is 0. The largest absolute Gasteiger partial charge is 0.378 e. The van der Waals surface area contributed by atoms with Crippen molar-refractivity contribution in [1.82, 2.24) is 9.97 Å². The lowest BCUT2D eigenvalue weighted by molar-refractivity contribution is 1.13. The summed E-state index contributed by atoms with van der Waals surface area (Å²) in [5.41, 5.74) is 5.99. The van der Waals surface area contributed by atoms with Crippen molar-refractivity contribution >= 4 is 33.4 Å². The van der Waals surface area contributed by atoms with Crippen LogP contribution in [0.3, 0.4) is 0 Å². The number of benzene rings is 2. The SMILES string of the molecule is CN(C)c1ccc2nc3cc(N(C)C)ccc3nc2c1. The van der Waals surface area contributed by atoms with Gasteiger partial charge in [0.25, 0.3) is 0 Å². The van der Waals surface area contributed by atoms with Gasteiger partial charge in [-0.1, -0.05) is 0 Å². The van der Waals surface area contributed by atoms with Gasteiger partial charge in [0.2, 0.25) is 0 Å². The zero-order chi connectivity index (χ0) is 14.3. The fourth-order valence-corrected chi connectivity index (χ4v) is 2.21. The van der Waals surface area contributed by atoms with Gasteiger partial charge in [-0.3, -0.25) is 0 Å². The Kier molecular flexibility index (Phi) is 2.93. The minimum atomic E-state index is 0.930. The van der Waals surface area contributed by atoms with Crippen molar-refractivity contribution in [1.29, 1.82) is 0 Å². The summed E-state index contributed by atoms with van der Waals surface area (Å²) < 4.78 is 0. The van der Waals surface area contributed by atoms with E-state index in [2.05, 4.69) is 34.1 Å². The van der Waals surface area contributed by atoms with Crippen molar-refractivity contribution < 1.29 is 0 Å².